The number of halogens is 2. The molecular weight excluding hydrogens is 334 g/mol. The fraction of sp³-hybridized carbons (Fsp3) is 0.923. The lowest BCUT2D eigenvalue weighted by molar-refractivity contribution is -0.411. The summed E-state index contributed by atoms with van der Waals surface area (Å²) in [6.07, 6.45) is -7.60. The number of ether oxygens (including phenoxy) is 1. The Morgan fingerprint density at radius 1 is 1.33 bits per heavy atom. The average molecular weight is 356 g/mol. The largest absolute Gasteiger partial charge is 0.394 e. The number of carbonyl (C=O) groups is 1. The Morgan fingerprint density at radius 2 is 1.96 bits per heavy atom. The summed E-state index contributed by atoms with van der Waals surface area (Å²) in [5.41, 5.74) is 5.52. The molecule has 7 N–H and O–H groups in total. The van der Waals surface area contributed by atoms with Gasteiger partial charge in [0.15, 0.2) is 0 Å². The monoisotopic (exact) mass is 356 g/mol. The van der Waals surface area contributed by atoms with Gasteiger partial charge in [0.1, 0.15) is 24.4 Å². The minimum Gasteiger partial charge on any atom is -0.394 e. The molecule has 0 bridgehead atoms. The molecule has 11 heteroatoms. The highest BCUT2D eigenvalue weighted by atomic mass is 19.3. The molecule has 2 fully saturated rings. The molecule has 24 heavy (non-hydrogen) atoms. The van der Waals surface area contributed by atoms with E-state index in [1.165, 1.54) is 0 Å². The van der Waals surface area contributed by atoms with Crippen LogP contribution in [0.5, 0.6) is 0 Å². The number of nitrogens with zero attached hydrogens (tertiary/aromatic N) is 1. The first kappa shape index (κ1) is 19.4. The molecule has 0 aromatic carbocycles. The van der Waals surface area contributed by atoms with Gasteiger partial charge in [-0.3, -0.25) is 4.79 Å². The zero-order chi connectivity index (χ0) is 18.3. The Labute approximate surface area is 136 Å². The molecule has 1 amide bonds. The van der Waals surface area contributed by atoms with Crippen LogP contribution < -0.4 is 5.73 Å². The summed E-state index contributed by atoms with van der Waals surface area (Å²) in [6.45, 7) is -2.28. The van der Waals surface area contributed by atoms with Gasteiger partial charge in [0, 0.05) is 6.54 Å². The number of hydrogen-bond acceptors (Lipinski definition) is 8. The first-order valence-electron chi connectivity index (χ1n) is 7.52. The van der Waals surface area contributed by atoms with Crippen LogP contribution in [-0.2, 0) is 9.53 Å². The van der Waals surface area contributed by atoms with E-state index >= 15 is 0 Å². The standard InChI is InChI=1S/C13H22F2N2O7/c14-12(15,5-17-3-1-2-6(16)11(17)22)13(23)10(21)9(20)8(19)7(4-18)24-13/h6-10,18-21,23H,1-5,16H2/t6-,7+,8+,9-,10+,13+/m0/s1. The van der Waals surface area contributed by atoms with Crippen LogP contribution in [0.3, 0.4) is 0 Å². The Bertz CT molecular complexity index is 481. The molecule has 140 valence electrons. The summed E-state index contributed by atoms with van der Waals surface area (Å²) in [5, 5.41) is 48.2. The minimum absolute atomic E-state index is 0.0110. The van der Waals surface area contributed by atoms with Gasteiger partial charge in [0.05, 0.1) is 19.2 Å². The first-order chi connectivity index (χ1) is 11.0. The van der Waals surface area contributed by atoms with Crippen LogP contribution >= 0.6 is 0 Å². The van der Waals surface area contributed by atoms with Crippen molar-refractivity contribution in [3.05, 3.63) is 0 Å². The molecule has 0 spiro atoms. The van der Waals surface area contributed by atoms with E-state index in [1.54, 1.807) is 0 Å². The third-order valence-electron chi connectivity index (χ3n) is 4.45. The molecule has 0 unspecified atom stereocenters. The maximum atomic E-state index is 14.6. The lowest BCUT2D eigenvalue weighted by atomic mass is 9.88. The smallest absolute Gasteiger partial charge is 0.320 e. The molecule has 2 aliphatic heterocycles. The van der Waals surface area contributed by atoms with E-state index in [1.807, 2.05) is 0 Å². The second-order valence-electron chi connectivity index (χ2n) is 6.17. The number of likely N-dealkylation sites (tertiary alicyclic amines) is 1. The van der Waals surface area contributed by atoms with Crippen LogP contribution in [0.1, 0.15) is 12.8 Å². The van der Waals surface area contributed by atoms with Crippen LogP contribution in [0.15, 0.2) is 0 Å². The third kappa shape index (κ3) is 3.12. The van der Waals surface area contributed by atoms with Gasteiger partial charge in [-0.05, 0) is 12.8 Å². The molecule has 2 heterocycles. The van der Waals surface area contributed by atoms with Crippen LogP contribution in [-0.4, -0.2) is 98.2 Å². The predicted octanol–water partition coefficient (Wildman–Crippen LogP) is -3.27. The van der Waals surface area contributed by atoms with Gasteiger partial charge in [0.25, 0.3) is 5.79 Å². The van der Waals surface area contributed by atoms with Crippen molar-refractivity contribution >= 4 is 5.91 Å². The van der Waals surface area contributed by atoms with Gasteiger partial charge in [-0.1, -0.05) is 0 Å². The minimum atomic E-state index is -4.20. The first-order valence-corrected chi connectivity index (χ1v) is 7.52. The van der Waals surface area contributed by atoms with Crippen molar-refractivity contribution in [3.63, 3.8) is 0 Å². The summed E-state index contributed by atoms with van der Waals surface area (Å²) in [4.78, 5) is 12.6. The van der Waals surface area contributed by atoms with Crippen molar-refractivity contribution in [3.8, 4) is 0 Å². The summed E-state index contributed by atoms with van der Waals surface area (Å²) in [6, 6.07) is -0.931. The third-order valence-corrected chi connectivity index (χ3v) is 4.45. The van der Waals surface area contributed by atoms with Crippen LogP contribution in [0.4, 0.5) is 8.78 Å². The van der Waals surface area contributed by atoms with Crippen molar-refractivity contribution < 1.29 is 43.8 Å². The second kappa shape index (κ2) is 6.75. The molecule has 2 rings (SSSR count). The highest BCUT2D eigenvalue weighted by Gasteiger charge is 2.66. The van der Waals surface area contributed by atoms with Crippen LogP contribution in [0.25, 0.3) is 0 Å². The Balaban J connectivity index is 2.23. The van der Waals surface area contributed by atoms with Crippen molar-refractivity contribution in [1.29, 1.82) is 0 Å². The molecule has 0 saturated carbocycles. The van der Waals surface area contributed by atoms with Gasteiger partial charge in [0.2, 0.25) is 5.91 Å². The second-order valence-corrected chi connectivity index (χ2v) is 6.17. The summed E-state index contributed by atoms with van der Waals surface area (Å²) < 4.78 is 33.8. The summed E-state index contributed by atoms with van der Waals surface area (Å²) in [5.74, 6) is -8.52. The highest BCUT2D eigenvalue weighted by Crippen LogP contribution is 2.40. The number of alkyl halides is 2. The molecule has 0 radical (unpaired) electrons. The summed E-state index contributed by atoms with van der Waals surface area (Å²) in [7, 11) is 0. The van der Waals surface area contributed by atoms with Crippen LogP contribution in [0.2, 0.25) is 0 Å². The SMILES string of the molecule is N[C@H]1CCCN(CC(F)(F)[C@]2(O)O[C@H](CO)[C@@H](O)[C@H](O)[C@H]2O)C1=O. The van der Waals surface area contributed by atoms with Crippen molar-refractivity contribution in [2.45, 2.75) is 55.0 Å². The van der Waals surface area contributed by atoms with E-state index in [0.717, 1.165) is 4.90 Å². The highest BCUT2D eigenvalue weighted by molar-refractivity contribution is 5.82. The summed E-state index contributed by atoms with van der Waals surface area (Å²) >= 11 is 0. The van der Waals surface area contributed by atoms with Crippen molar-refractivity contribution in [2.24, 2.45) is 5.73 Å². The number of carbonyl (C=O) groups excluding carboxylic acids is 1. The number of nitrogens with two attached hydrogens (primary N) is 1. The molecule has 6 atom stereocenters. The quantitative estimate of drug-likeness (QED) is 0.306. The number of aliphatic hydroxyl groups excluding tert-OH is 4. The maximum absolute atomic E-state index is 14.6. The maximum Gasteiger partial charge on any atom is 0.320 e. The number of piperidine rings is 1. The molecule has 2 saturated heterocycles. The van der Waals surface area contributed by atoms with E-state index in [9.17, 15) is 34.0 Å². The van der Waals surface area contributed by atoms with E-state index in [4.69, 9.17) is 10.8 Å². The predicted molar refractivity (Wildman–Crippen MR) is 73.7 cm³/mol. The zero-order valence-corrected chi connectivity index (χ0v) is 12.8. The van der Waals surface area contributed by atoms with Gasteiger partial charge in [-0.2, -0.15) is 8.78 Å². The molecule has 0 aromatic rings. The Hall–Kier alpha value is -0.950. The molecule has 9 nitrogen and oxygen atoms in total. The van der Waals surface area contributed by atoms with Crippen molar-refractivity contribution in [1.82, 2.24) is 4.90 Å². The van der Waals surface area contributed by atoms with Gasteiger partial charge >= 0.3 is 5.92 Å². The lowest BCUT2D eigenvalue weighted by Crippen LogP contribution is -2.73. The normalized spacial score (nSPS) is 41.6. The Kier molecular flexibility index (Phi) is 5.45. The van der Waals surface area contributed by atoms with Gasteiger partial charge in [-0.15, -0.1) is 0 Å². The van der Waals surface area contributed by atoms with Crippen molar-refractivity contribution in [2.75, 3.05) is 19.7 Å². The molecule has 0 aliphatic carbocycles. The van der Waals surface area contributed by atoms with Gasteiger partial charge < -0.3 is 40.9 Å². The number of hydrogen-bond donors (Lipinski definition) is 6. The average Bonchev–Trinajstić information content (AvgIpc) is 2.53. The lowest BCUT2D eigenvalue weighted by Gasteiger charge is -2.49. The van der Waals surface area contributed by atoms with Gasteiger partial charge in [-0.25, -0.2) is 0 Å². The topological polar surface area (TPSA) is 157 Å². The number of amides is 1. The molecule has 0 aromatic heterocycles. The van der Waals surface area contributed by atoms with E-state index in [0.29, 0.717) is 12.8 Å². The molecular formula is C13H22F2N2O7. The molecule has 2 aliphatic rings. The zero-order valence-electron chi connectivity index (χ0n) is 12.8. The number of rotatable bonds is 4. The number of aliphatic hydroxyl groups is 5. The Morgan fingerprint density at radius 3 is 2.54 bits per heavy atom. The van der Waals surface area contributed by atoms with E-state index in [-0.39, 0.29) is 6.54 Å². The van der Waals surface area contributed by atoms with Crippen LogP contribution in [0, 0.1) is 0 Å². The fourth-order valence-electron chi connectivity index (χ4n) is 2.94. The van der Waals surface area contributed by atoms with E-state index < -0.39 is 61.2 Å². The van der Waals surface area contributed by atoms with E-state index in [2.05, 4.69) is 4.74 Å². The fourth-order valence-corrected chi connectivity index (χ4v) is 2.94.